The number of benzene rings is 3. The lowest BCUT2D eigenvalue weighted by atomic mass is 9.50. The van der Waals surface area contributed by atoms with Crippen molar-refractivity contribution in [2.24, 2.45) is 105 Å². The van der Waals surface area contributed by atoms with Crippen molar-refractivity contribution in [1.82, 2.24) is 0 Å². The lowest BCUT2D eigenvalue weighted by Gasteiger charge is -2.59. The summed E-state index contributed by atoms with van der Waals surface area (Å²) in [5.74, 6) is 1.72. The van der Waals surface area contributed by atoms with Gasteiger partial charge in [-0.2, -0.15) is 0 Å². The molecule has 3 aromatic carbocycles. The zero-order valence-corrected chi connectivity index (χ0v) is 50.7. The molecule has 83 heavy (non-hydrogen) atoms. The van der Waals surface area contributed by atoms with E-state index in [-0.39, 0.29) is 66.7 Å². The Morgan fingerprint density at radius 2 is 1.23 bits per heavy atom. The molecule has 14 atom stereocenters. The summed E-state index contributed by atoms with van der Waals surface area (Å²) in [7, 11) is -0.409. The number of hydrogen-bond donors (Lipinski definition) is 1. The molecule has 1 saturated heterocycles. The first kappa shape index (κ1) is 56.1. The van der Waals surface area contributed by atoms with E-state index in [9.17, 15) is 9.90 Å². The van der Waals surface area contributed by atoms with Crippen molar-refractivity contribution < 1.29 is 52.8 Å². The number of rotatable bonds is 19. The highest BCUT2D eigenvalue weighted by atomic mass is 32.2. The van der Waals surface area contributed by atoms with E-state index < -0.39 is 80.5 Å². The molecule has 1 N–H and O–H groups in total. The molecule has 1 aliphatic heterocycles. The fourth-order valence-corrected chi connectivity index (χ4v) is 23.4. The van der Waals surface area contributed by atoms with Crippen molar-refractivity contribution >= 4 is 40.7 Å². The van der Waals surface area contributed by atoms with Crippen LogP contribution in [-0.4, -0.2) is 64.5 Å². The number of fused-ring (bicyclic) bond motifs is 3. The highest BCUT2D eigenvalue weighted by Crippen LogP contribution is 2.63. The molecule has 444 valence electrons. The van der Waals surface area contributed by atoms with Crippen LogP contribution in [0, 0.1) is 105 Å². The lowest BCUT2D eigenvalue weighted by Crippen LogP contribution is -2.59. The van der Waals surface area contributed by atoms with E-state index >= 15 is 19.2 Å². The normalized spacial score (nSPS) is 40.0. The molecule has 13 fully saturated rings. The van der Waals surface area contributed by atoms with Crippen molar-refractivity contribution in [2.45, 2.75) is 208 Å². The Morgan fingerprint density at radius 1 is 0.639 bits per heavy atom. The fraction of sp³-hybridized carbons (Fsp3) is 0.676. The molecule has 0 radical (unpaired) electrons. The van der Waals surface area contributed by atoms with Crippen LogP contribution in [0.25, 0.3) is 0 Å². The van der Waals surface area contributed by atoms with Crippen molar-refractivity contribution in [3.05, 3.63) is 84.9 Å². The second-order valence-electron chi connectivity index (χ2n) is 30.9. The van der Waals surface area contributed by atoms with Crippen LogP contribution in [0.1, 0.15) is 164 Å². The van der Waals surface area contributed by atoms with Crippen molar-refractivity contribution in [3.8, 4) is 5.75 Å². The van der Waals surface area contributed by atoms with Gasteiger partial charge >= 0.3 is 29.8 Å². The minimum Gasteiger partial charge on any atom is -0.461 e. The van der Waals surface area contributed by atoms with E-state index in [2.05, 4.69) is 62.4 Å². The quantitative estimate of drug-likeness (QED) is 0.0528. The van der Waals surface area contributed by atoms with Gasteiger partial charge in [0.1, 0.15) is 29.7 Å². The number of carbonyl (C=O) groups is 5. The van der Waals surface area contributed by atoms with Crippen LogP contribution in [0.2, 0.25) is 0 Å². The standard InChI is InChI=1S/C71H89O11S/c1-40-44-17-18-45(30-44)56(40)33-49(62(72)82-70(6)50-26-41-23-42(28-50)29-51(70)27-41)35-68(4,65(75)81-60-46-31-57-58(32-46)63(73)79-61(57)60)39-69(5,66(76)80-59-47-24-43-25-48(59)37-71(77,34-43)36-47)38-67(2,3)64(74)78-52-19-21-55(22-20-52)83(53-13-9-7-10-14-53)54-15-11-8-12-16-54/h7-16,19-22,40-51,56-61,77H,17-18,23-39H2,1-6H3/q+1. The lowest BCUT2D eigenvalue weighted by molar-refractivity contribution is -0.210. The van der Waals surface area contributed by atoms with Gasteiger partial charge in [0, 0.05) is 11.8 Å². The van der Waals surface area contributed by atoms with Crippen LogP contribution >= 0.6 is 0 Å². The molecule has 12 saturated carbocycles. The molecule has 11 nitrogen and oxygen atoms in total. The largest absolute Gasteiger partial charge is 0.461 e. The van der Waals surface area contributed by atoms with Gasteiger partial charge in [0.25, 0.3) is 0 Å². The predicted molar refractivity (Wildman–Crippen MR) is 312 cm³/mol. The van der Waals surface area contributed by atoms with E-state index in [0.29, 0.717) is 78.8 Å². The molecule has 16 rings (SSSR count). The Morgan fingerprint density at radius 3 is 1.83 bits per heavy atom. The Hall–Kier alpha value is -4.68. The first-order valence-electron chi connectivity index (χ1n) is 32.4. The third-order valence-electron chi connectivity index (χ3n) is 24.6. The Bertz CT molecular complexity index is 2910. The van der Waals surface area contributed by atoms with Crippen molar-refractivity contribution in [2.75, 3.05) is 0 Å². The van der Waals surface area contributed by atoms with Crippen LogP contribution in [0.15, 0.2) is 99.6 Å². The summed E-state index contributed by atoms with van der Waals surface area (Å²) >= 11 is 0. The molecule has 12 heteroatoms. The molecular formula is C71H89O11S+. The second kappa shape index (κ2) is 20.8. The van der Waals surface area contributed by atoms with Gasteiger partial charge in [0.2, 0.25) is 0 Å². The Balaban J connectivity index is 0.798. The van der Waals surface area contributed by atoms with Gasteiger partial charge in [-0.05, 0) is 270 Å². The summed E-state index contributed by atoms with van der Waals surface area (Å²) in [4.78, 5) is 79.3. The van der Waals surface area contributed by atoms with Crippen LogP contribution in [0.3, 0.4) is 0 Å². The van der Waals surface area contributed by atoms with Crippen LogP contribution in [0.5, 0.6) is 5.75 Å². The molecular weight excluding hydrogens is 1060 g/mol. The first-order valence-corrected chi connectivity index (χ1v) is 33.6. The minimum absolute atomic E-state index is 0.00264. The zero-order chi connectivity index (χ0) is 57.5. The van der Waals surface area contributed by atoms with Gasteiger partial charge in [-0.1, -0.05) is 43.3 Å². The molecule has 0 aromatic heterocycles. The summed E-state index contributed by atoms with van der Waals surface area (Å²) in [5, 5.41) is 11.7. The summed E-state index contributed by atoms with van der Waals surface area (Å²) < 4.78 is 33.2. The van der Waals surface area contributed by atoms with Gasteiger partial charge in [-0.15, -0.1) is 0 Å². The van der Waals surface area contributed by atoms with Gasteiger partial charge in [-0.25, -0.2) is 0 Å². The molecule has 0 amide bonds. The van der Waals surface area contributed by atoms with E-state index in [1.54, 1.807) is 0 Å². The molecule has 12 aliphatic carbocycles. The maximum atomic E-state index is 16.0. The SMILES string of the molecule is CC1C2CCC(C2)C1CC(CC(C)(CC(C)(CC(C)(C)C(=O)Oc1ccc([S+](c2ccccc2)c2ccccc2)cc1)C(=O)OC1C2CC3CC1CC(O)(C3)C2)C(=O)OC1C2CC3C(=O)OC1C3C2)C(=O)OC1(C)C2CC3CC(C2)CC1C3. The third-order valence-corrected chi connectivity index (χ3v) is 26.9. The summed E-state index contributed by atoms with van der Waals surface area (Å²) in [5.41, 5.74) is -5.60. The number of hydrogen-bond acceptors (Lipinski definition) is 11. The maximum Gasteiger partial charge on any atom is 0.316 e. The maximum absolute atomic E-state index is 16.0. The van der Waals surface area contributed by atoms with Gasteiger partial charge < -0.3 is 28.8 Å². The minimum atomic E-state index is -1.49. The van der Waals surface area contributed by atoms with Crippen LogP contribution in [0.4, 0.5) is 0 Å². The van der Waals surface area contributed by atoms with Crippen molar-refractivity contribution in [3.63, 3.8) is 0 Å². The van der Waals surface area contributed by atoms with Crippen molar-refractivity contribution in [1.29, 1.82) is 0 Å². The van der Waals surface area contributed by atoms with Gasteiger partial charge in [0.05, 0.1) is 44.6 Å². The highest BCUT2D eigenvalue weighted by Gasteiger charge is 2.65. The molecule has 0 spiro atoms. The Kier molecular flexibility index (Phi) is 14.0. The molecule has 1 heterocycles. The molecule has 12 bridgehead atoms. The average Bonchev–Trinajstić information content (AvgIpc) is 2.18. The van der Waals surface area contributed by atoms with E-state index in [1.165, 1.54) is 22.6 Å². The topological polar surface area (TPSA) is 152 Å². The summed E-state index contributed by atoms with van der Waals surface area (Å²) in [6, 6.07) is 28.5. The zero-order valence-electron chi connectivity index (χ0n) is 49.8. The monoisotopic (exact) mass is 1150 g/mol. The smallest absolute Gasteiger partial charge is 0.316 e. The first-order chi connectivity index (χ1) is 39.6. The van der Waals surface area contributed by atoms with E-state index in [1.807, 2.05) is 64.1 Å². The number of aliphatic hydroxyl groups is 1. The molecule has 3 aromatic rings. The van der Waals surface area contributed by atoms with Gasteiger partial charge in [0.15, 0.2) is 14.7 Å². The second-order valence-corrected chi connectivity index (χ2v) is 32.9. The van der Waals surface area contributed by atoms with E-state index in [0.717, 1.165) is 69.1 Å². The predicted octanol–water partition coefficient (Wildman–Crippen LogP) is 13.3. The highest BCUT2D eigenvalue weighted by molar-refractivity contribution is 7.97. The number of ether oxygens (including phenoxy) is 5. The van der Waals surface area contributed by atoms with E-state index in [4.69, 9.17) is 23.7 Å². The summed E-state index contributed by atoms with van der Waals surface area (Å²) in [6.45, 7) is 11.9. The fourth-order valence-electron chi connectivity index (χ4n) is 21.3. The van der Waals surface area contributed by atoms with Gasteiger partial charge in [-0.3, -0.25) is 24.0 Å². The number of carbonyl (C=O) groups excluding carboxylic acids is 5. The third kappa shape index (κ3) is 10.0. The van der Waals surface area contributed by atoms with Crippen LogP contribution in [-0.2, 0) is 53.8 Å². The van der Waals surface area contributed by atoms with Crippen LogP contribution < -0.4 is 4.74 Å². The summed E-state index contributed by atoms with van der Waals surface area (Å²) in [6.07, 6.45) is 13.2. The Labute approximate surface area is 494 Å². The average molecular weight is 1150 g/mol. The molecule has 14 unspecified atom stereocenters. The number of esters is 5. The molecule has 13 aliphatic rings.